The van der Waals surface area contributed by atoms with Gasteiger partial charge < -0.3 is 4.90 Å². The van der Waals surface area contributed by atoms with Gasteiger partial charge in [0, 0.05) is 26.4 Å². The molecule has 0 amide bonds. The lowest BCUT2D eigenvalue weighted by molar-refractivity contribution is 0.567. The zero-order chi connectivity index (χ0) is 9.84. The van der Waals surface area contributed by atoms with Gasteiger partial charge in [0.25, 0.3) is 0 Å². The van der Waals surface area contributed by atoms with Crippen LogP contribution >= 0.6 is 23.2 Å². The lowest BCUT2D eigenvalue weighted by Gasteiger charge is -2.02. The fraction of sp³-hybridized carbons (Fsp3) is 0.250. The summed E-state index contributed by atoms with van der Waals surface area (Å²) in [7, 11) is 3.84. The van der Waals surface area contributed by atoms with Crippen molar-refractivity contribution in [1.29, 1.82) is 0 Å². The minimum Gasteiger partial charge on any atom is -0.383 e. The first-order chi connectivity index (χ1) is 6.08. The Kier molecular flexibility index (Phi) is 3.51. The Labute approximate surface area is 87.0 Å². The molecule has 0 atom stereocenters. The van der Waals surface area contributed by atoms with Gasteiger partial charge in [0.05, 0.1) is 5.69 Å². The normalized spacial score (nSPS) is 10.8. The summed E-state index contributed by atoms with van der Waals surface area (Å²) < 4.78 is 0. The molecule has 0 unspecified atom stereocenters. The Morgan fingerprint density at radius 1 is 1.31 bits per heavy atom. The summed E-state index contributed by atoms with van der Waals surface area (Å²) in [6.07, 6.45) is 3.66. The molecule has 13 heavy (non-hydrogen) atoms. The molecular weight excluding hydrogens is 209 g/mol. The SMILES string of the molecule is CN(C)/C=C/c1cc(Cl)nc(Cl)n1. The van der Waals surface area contributed by atoms with E-state index in [1.165, 1.54) is 0 Å². The number of hydrogen-bond donors (Lipinski definition) is 0. The van der Waals surface area contributed by atoms with Gasteiger partial charge in [0.1, 0.15) is 5.15 Å². The number of nitrogens with zero attached hydrogens (tertiary/aromatic N) is 3. The lowest BCUT2D eigenvalue weighted by Crippen LogP contribution is -2.00. The average Bonchev–Trinajstić information content (AvgIpc) is 1.99. The lowest BCUT2D eigenvalue weighted by atomic mass is 10.4. The van der Waals surface area contributed by atoms with Crippen LogP contribution in [0.4, 0.5) is 0 Å². The maximum Gasteiger partial charge on any atom is 0.224 e. The molecule has 1 heterocycles. The van der Waals surface area contributed by atoms with E-state index in [-0.39, 0.29) is 5.28 Å². The van der Waals surface area contributed by atoms with Gasteiger partial charge in [-0.3, -0.25) is 0 Å². The van der Waals surface area contributed by atoms with Crippen LogP contribution < -0.4 is 0 Å². The number of rotatable bonds is 2. The molecule has 0 spiro atoms. The number of hydrogen-bond acceptors (Lipinski definition) is 3. The minimum absolute atomic E-state index is 0.158. The van der Waals surface area contributed by atoms with E-state index < -0.39 is 0 Å². The molecule has 0 aromatic carbocycles. The largest absolute Gasteiger partial charge is 0.383 e. The molecule has 5 heteroatoms. The van der Waals surface area contributed by atoms with Gasteiger partial charge in [0.15, 0.2) is 0 Å². The van der Waals surface area contributed by atoms with E-state index in [1.54, 1.807) is 12.1 Å². The first-order valence-electron chi connectivity index (χ1n) is 3.62. The second-order valence-corrected chi connectivity index (χ2v) is 3.39. The minimum atomic E-state index is 0.158. The van der Waals surface area contributed by atoms with Crippen molar-refractivity contribution in [1.82, 2.24) is 14.9 Å². The number of halogens is 2. The molecule has 0 aliphatic heterocycles. The van der Waals surface area contributed by atoms with Crippen molar-refractivity contribution >= 4 is 29.3 Å². The van der Waals surface area contributed by atoms with Crippen LogP contribution in [-0.4, -0.2) is 29.0 Å². The van der Waals surface area contributed by atoms with Crippen LogP contribution in [0.15, 0.2) is 12.3 Å². The highest BCUT2D eigenvalue weighted by molar-refractivity contribution is 6.31. The van der Waals surface area contributed by atoms with Crippen LogP contribution in [0.3, 0.4) is 0 Å². The standard InChI is InChI=1S/C8H9Cl2N3/c1-13(2)4-3-6-5-7(9)12-8(10)11-6/h3-5H,1-2H3/b4-3+. The molecular formula is C8H9Cl2N3. The topological polar surface area (TPSA) is 29.0 Å². The molecule has 0 bridgehead atoms. The average molecular weight is 218 g/mol. The van der Waals surface area contributed by atoms with Crippen LogP contribution in [0.5, 0.6) is 0 Å². The predicted octanol–water partition coefficient (Wildman–Crippen LogP) is 2.32. The number of aromatic nitrogens is 2. The molecule has 0 saturated heterocycles. The Balaban J connectivity index is 2.89. The molecule has 0 fully saturated rings. The van der Waals surface area contributed by atoms with E-state index >= 15 is 0 Å². The first-order valence-corrected chi connectivity index (χ1v) is 4.38. The smallest absolute Gasteiger partial charge is 0.224 e. The fourth-order valence-electron chi connectivity index (χ4n) is 0.717. The molecule has 0 radical (unpaired) electrons. The third-order valence-corrected chi connectivity index (χ3v) is 1.59. The molecule has 1 aromatic rings. The van der Waals surface area contributed by atoms with E-state index in [0.29, 0.717) is 10.8 Å². The second-order valence-electron chi connectivity index (χ2n) is 2.66. The van der Waals surface area contributed by atoms with Gasteiger partial charge in [-0.1, -0.05) is 11.6 Å². The van der Waals surface area contributed by atoms with Gasteiger partial charge in [-0.15, -0.1) is 0 Å². The molecule has 0 aliphatic carbocycles. The third-order valence-electron chi connectivity index (χ3n) is 1.23. The monoisotopic (exact) mass is 217 g/mol. The zero-order valence-electron chi connectivity index (χ0n) is 7.33. The molecule has 1 aromatic heterocycles. The predicted molar refractivity (Wildman–Crippen MR) is 54.8 cm³/mol. The first kappa shape index (κ1) is 10.3. The second kappa shape index (κ2) is 4.44. The van der Waals surface area contributed by atoms with Gasteiger partial charge in [-0.25, -0.2) is 9.97 Å². The maximum absolute atomic E-state index is 5.68. The van der Waals surface area contributed by atoms with Crippen LogP contribution in [0.1, 0.15) is 5.69 Å². The van der Waals surface area contributed by atoms with Crippen LogP contribution in [0.2, 0.25) is 10.4 Å². The highest BCUT2D eigenvalue weighted by atomic mass is 35.5. The Bertz CT molecular complexity index is 303. The summed E-state index contributed by atoms with van der Waals surface area (Å²) in [5.74, 6) is 0. The van der Waals surface area contributed by atoms with Crippen LogP contribution in [0.25, 0.3) is 6.08 Å². The Hall–Kier alpha value is -0.800. The highest BCUT2D eigenvalue weighted by Gasteiger charge is 1.97. The quantitative estimate of drug-likeness (QED) is 0.563. The summed E-state index contributed by atoms with van der Waals surface area (Å²) in [6.45, 7) is 0. The molecule has 3 nitrogen and oxygen atoms in total. The Morgan fingerprint density at radius 2 is 2.00 bits per heavy atom. The summed E-state index contributed by atoms with van der Waals surface area (Å²) in [5, 5.41) is 0.504. The molecule has 1 rings (SSSR count). The van der Waals surface area contributed by atoms with Gasteiger partial charge in [-0.2, -0.15) is 0 Å². The van der Waals surface area contributed by atoms with E-state index in [0.717, 1.165) is 0 Å². The Morgan fingerprint density at radius 3 is 2.54 bits per heavy atom. The van der Waals surface area contributed by atoms with Crippen molar-refractivity contribution in [3.8, 4) is 0 Å². The van der Waals surface area contributed by atoms with Gasteiger partial charge >= 0.3 is 0 Å². The molecule has 0 aliphatic rings. The maximum atomic E-state index is 5.68. The third kappa shape index (κ3) is 3.61. The van der Waals surface area contributed by atoms with Crippen molar-refractivity contribution in [2.75, 3.05) is 14.1 Å². The summed E-state index contributed by atoms with van der Waals surface area (Å²) in [4.78, 5) is 9.59. The summed E-state index contributed by atoms with van der Waals surface area (Å²) >= 11 is 11.3. The van der Waals surface area contributed by atoms with Crippen molar-refractivity contribution in [3.63, 3.8) is 0 Å². The van der Waals surface area contributed by atoms with Crippen molar-refractivity contribution in [2.24, 2.45) is 0 Å². The van der Waals surface area contributed by atoms with E-state index in [4.69, 9.17) is 23.2 Å². The summed E-state index contributed by atoms with van der Waals surface area (Å²) in [6, 6.07) is 1.65. The van der Waals surface area contributed by atoms with Crippen LogP contribution in [-0.2, 0) is 0 Å². The molecule has 0 saturated carbocycles. The van der Waals surface area contributed by atoms with Crippen molar-refractivity contribution in [2.45, 2.75) is 0 Å². The van der Waals surface area contributed by atoms with Gasteiger partial charge in [-0.05, 0) is 17.7 Å². The van der Waals surface area contributed by atoms with Crippen molar-refractivity contribution < 1.29 is 0 Å². The highest BCUT2D eigenvalue weighted by Crippen LogP contribution is 2.11. The molecule has 0 N–H and O–H groups in total. The van der Waals surface area contributed by atoms with E-state index in [9.17, 15) is 0 Å². The van der Waals surface area contributed by atoms with E-state index in [1.807, 2.05) is 25.2 Å². The van der Waals surface area contributed by atoms with Crippen molar-refractivity contribution in [3.05, 3.63) is 28.4 Å². The fourth-order valence-corrected chi connectivity index (χ4v) is 1.14. The van der Waals surface area contributed by atoms with E-state index in [2.05, 4.69) is 9.97 Å². The van der Waals surface area contributed by atoms with Crippen LogP contribution in [0, 0.1) is 0 Å². The zero-order valence-corrected chi connectivity index (χ0v) is 8.84. The summed E-state index contributed by atoms with van der Waals surface area (Å²) in [5.41, 5.74) is 0.693. The van der Waals surface area contributed by atoms with Gasteiger partial charge in [0.2, 0.25) is 5.28 Å². The molecule has 70 valence electrons.